The second-order valence-electron chi connectivity index (χ2n) is 5.63. The van der Waals surface area contributed by atoms with Crippen molar-refractivity contribution in [3.05, 3.63) is 28.8 Å². The molecule has 22 heavy (non-hydrogen) atoms. The Morgan fingerprint density at radius 1 is 1.45 bits per heavy atom. The van der Waals surface area contributed by atoms with Gasteiger partial charge in [-0.2, -0.15) is 0 Å². The lowest BCUT2D eigenvalue weighted by atomic mass is 9.82. The maximum atomic E-state index is 12.0. The van der Waals surface area contributed by atoms with E-state index in [2.05, 4.69) is 0 Å². The number of carbonyl (C=O) groups excluding carboxylic acids is 1. The molecule has 1 aromatic carbocycles. The first-order chi connectivity index (χ1) is 10.2. The summed E-state index contributed by atoms with van der Waals surface area (Å²) in [5.74, 6) is -1.74. The fourth-order valence-corrected chi connectivity index (χ4v) is 4.33. The van der Waals surface area contributed by atoms with Crippen molar-refractivity contribution >= 4 is 33.2 Å². The molecular formula is C15H17ClO5S. The predicted octanol–water partition coefficient (Wildman–Crippen LogP) is 2.67. The van der Waals surface area contributed by atoms with Crippen LogP contribution in [0.4, 0.5) is 0 Å². The van der Waals surface area contributed by atoms with E-state index in [0.29, 0.717) is 18.4 Å². The van der Waals surface area contributed by atoms with Gasteiger partial charge in [0.25, 0.3) is 0 Å². The maximum absolute atomic E-state index is 12.0. The van der Waals surface area contributed by atoms with Crippen molar-refractivity contribution < 1.29 is 23.1 Å². The zero-order valence-electron chi connectivity index (χ0n) is 12.1. The van der Waals surface area contributed by atoms with Gasteiger partial charge in [0.1, 0.15) is 5.78 Å². The third-order valence-corrected chi connectivity index (χ3v) is 5.60. The summed E-state index contributed by atoms with van der Waals surface area (Å²) in [6, 6.07) is 4.40. The van der Waals surface area contributed by atoms with Crippen LogP contribution in [-0.2, 0) is 19.4 Å². The van der Waals surface area contributed by atoms with Crippen LogP contribution < -0.4 is 0 Å². The molecule has 0 aromatic heterocycles. The normalized spacial score (nSPS) is 20.1. The Balaban J connectivity index is 2.42. The second kappa shape index (κ2) is 6.38. The van der Waals surface area contributed by atoms with Crippen molar-refractivity contribution in [1.82, 2.24) is 0 Å². The first-order valence-electron chi connectivity index (χ1n) is 6.94. The van der Waals surface area contributed by atoms with E-state index < -0.39 is 21.7 Å². The molecule has 0 saturated heterocycles. The Morgan fingerprint density at radius 2 is 2.14 bits per heavy atom. The molecule has 2 atom stereocenters. The fraction of sp³-hybridized carbons (Fsp3) is 0.467. The van der Waals surface area contributed by atoms with Crippen LogP contribution in [0.15, 0.2) is 23.1 Å². The zero-order chi connectivity index (χ0) is 16.5. The van der Waals surface area contributed by atoms with Crippen LogP contribution >= 0.6 is 11.6 Å². The fourth-order valence-electron chi connectivity index (χ4n) is 3.00. The number of aliphatic carboxylic acids is 1. The van der Waals surface area contributed by atoms with E-state index in [0.717, 1.165) is 12.7 Å². The van der Waals surface area contributed by atoms with E-state index in [4.69, 9.17) is 16.7 Å². The SMILES string of the molecule is CS(=O)(=O)c1ccc(C(CC(=O)O)C2CCCC2=O)cc1Cl. The molecule has 1 aliphatic rings. The van der Waals surface area contributed by atoms with E-state index in [1.807, 2.05) is 0 Å². The number of hydrogen-bond acceptors (Lipinski definition) is 4. The average Bonchev–Trinajstić information content (AvgIpc) is 2.80. The van der Waals surface area contributed by atoms with Crippen LogP contribution in [0.5, 0.6) is 0 Å². The summed E-state index contributed by atoms with van der Waals surface area (Å²) in [5.41, 5.74) is 0.597. The largest absolute Gasteiger partial charge is 0.481 e. The van der Waals surface area contributed by atoms with Gasteiger partial charge in [0.2, 0.25) is 0 Å². The molecule has 1 fully saturated rings. The molecule has 2 unspecified atom stereocenters. The monoisotopic (exact) mass is 344 g/mol. The molecule has 5 nitrogen and oxygen atoms in total. The minimum atomic E-state index is -3.44. The van der Waals surface area contributed by atoms with Gasteiger partial charge in [-0.25, -0.2) is 8.42 Å². The number of Topliss-reactive ketones (excluding diaryl/α,β-unsaturated/α-hetero) is 1. The summed E-state index contributed by atoms with van der Waals surface area (Å²) < 4.78 is 23.2. The molecular weight excluding hydrogens is 328 g/mol. The Labute approximate surface area is 134 Å². The molecule has 0 radical (unpaired) electrons. The molecule has 0 amide bonds. The number of ketones is 1. The molecule has 2 rings (SSSR count). The summed E-state index contributed by atoms with van der Waals surface area (Å²) in [6.07, 6.45) is 2.76. The average molecular weight is 345 g/mol. The van der Waals surface area contributed by atoms with Gasteiger partial charge in [-0.05, 0) is 30.5 Å². The first-order valence-corrected chi connectivity index (χ1v) is 9.21. The summed E-state index contributed by atoms with van der Waals surface area (Å²) in [6.45, 7) is 0. The van der Waals surface area contributed by atoms with Crippen LogP contribution in [-0.4, -0.2) is 31.5 Å². The van der Waals surface area contributed by atoms with Gasteiger partial charge in [0.05, 0.1) is 16.3 Å². The lowest BCUT2D eigenvalue weighted by Gasteiger charge is -2.22. The van der Waals surface area contributed by atoms with Crippen molar-refractivity contribution in [3.8, 4) is 0 Å². The molecule has 7 heteroatoms. The highest BCUT2D eigenvalue weighted by atomic mass is 35.5. The summed E-state index contributed by atoms with van der Waals surface area (Å²) >= 11 is 6.03. The maximum Gasteiger partial charge on any atom is 0.303 e. The molecule has 0 heterocycles. The van der Waals surface area contributed by atoms with Gasteiger partial charge in [-0.1, -0.05) is 17.7 Å². The lowest BCUT2D eigenvalue weighted by molar-refractivity contribution is -0.137. The minimum Gasteiger partial charge on any atom is -0.481 e. The Bertz CT molecular complexity index is 711. The highest BCUT2D eigenvalue weighted by Crippen LogP contribution is 2.38. The predicted molar refractivity (Wildman–Crippen MR) is 81.9 cm³/mol. The van der Waals surface area contributed by atoms with E-state index in [1.165, 1.54) is 12.1 Å². The summed E-state index contributed by atoms with van der Waals surface area (Å²) in [4.78, 5) is 23.1. The van der Waals surface area contributed by atoms with Gasteiger partial charge in [0, 0.05) is 24.5 Å². The van der Waals surface area contributed by atoms with Gasteiger partial charge in [-0.15, -0.1) is 0 Å². The van der Waals surface area contributed by atoms with E-state index >= 15 is 0 Å². The van der Waals surface area contributed by atoms with Crippen LogP contribution in [0.1, 0.15) is 37.2 Å². The molecule has 1 saturated carbocycles. The second-order valence-corrected chi connectivity index (χ2v) is 8.02. The Hall–Kier alpha value is -1.40. The lowest BCUT2D eigenvalue weighted by Crippen LogP contribution is -2.20. The van der Waals surface area contributed by atoms with Crippen LogP contribution in [0.25, 0.3) is 0 Å². The number of halogens is 1. The molecule has 120 valence electrons. The number of hydrogen-bond donors (Lipinski definition) is 1. The standard InChI is InChI=1S/C15H17ClO5S/c1-22(20,21)14-6-5-9(7-12(14)16)11(8-15(18)19)10-3-2-4-13(10)17/h5-7,10-11H,2-4,8H2,1H3,(H,18,19). The van der Waals surface area contributed by atoms with E-state index in [9.17, 15) is 18.0 Å². The van der Waals surface area contributed by atoms with Crippen molar-refractivity contribution in [3.63, 3.8) is 0 Å². The minimum absolute atomic E-state index is 0.00439. The molecule has 0 aliphatic heterocycles. The third-order valence-electron chi connectivity index (χ3n) is 4.02. The van der Waals surface area contributed by atoms with Crippen molar-refractivity contribution in [1.29, 1.82) is 0 Å². The van der Waals surface area contributed by atoms with Gasteiger partial charge in [0.15, 0.2) is 9.84 Å². The number of rotatable bonds is 5. The number of carbonyl (C=O) groups is 2. The summed E-state index contributed by atoms with van der Waals surface area (Å²) in [7, 11) is -3.44. The van der Waals surface area contributed by atoms with Crippen LogP contribution in [0.2, 0.25) is 5.02 Å². The molecule has 1 aliphatic carbocycles. The van der Waals surface area contributed by atoms with Crippen molar-refractivity contribution in [2.75, 3.05) is 6.26 Å². The molecule has 0 spiro atoms. The number of sulfone groups is 1. The third kappa shape index (κ3) is 3.67. The zero-order valence-corrected chi connectivity index (χ0v) is 13.7. The van der Waals surface area contributed by atoms with Gasteiger partial charge >= 0.3 is 5.97 Å². The van der Waals surface area contributed by atoms with Crippen molar-refractivity contribution in [2.45, 2.75) is 36.5 Å². The molecule has 1 N–H and O–H groups in total. The smallest absolute Gasteiger partial charge is 0.303 e. The molecule has 1 aromatic rings. The highest BCUT2D eigenvalue weighted by Gasteiger charge is 2.34. The quantitative estimate of drug-likeness (QED) is 0.887. The Kier molecular flexibility index (Phi) is 4.92. The topological polar surface area (TPSA) is 88.5 Å². The van der Waals surface area contributed by atoms with Gasteiger partial charge < -0.3 is 5.11 Å². The van der Waals surface area contributed by atoms with Crippen LogP contribution in [0, 0.1) is 5.92 Å². The van der Waals surface area contributed by atoms with Crippen molar-refractivity contribution in [2.24, 2.45) is 5.92 Å². The number of benzene rings is 1. The Morgan fingerprint density at radius 3 is 2.59 bits per heavy atom. The van der Waals surface area contributed by atoms with E-state index in [-0.39, 0.29) is 28.0 Å². The van der Waals surface area contributed by atoms with Gasteiger partial charge in [-0.3, -0.25) is 9.59 Å². The van der Waals surface area contributed by atoms with Crippen LogP contribution in [0.3, 0.4) is 0 Å². The first kappa shape index (κ1) is 17.0. The highest BCUT2D eigenvalue weighted by molar-refractivity contribution is 7.90. The summed E-state index contributed by atoms with van der Waals surface area (Å²) in [5, 5.41) is 9.16. The number of carboxylic acids is 1. The molecule has 0 bridgehead atoms. The number of carboxylic acid groups (broad SMARTS) is 1. The van der Waals surface area contributed by atoms with E-state index in [1.54, 1.807) is 6.07 Å².